The summed E-state index contributed by atoms with van der Waals surface area (Å²) in [4.78, 5) is 0.462. The summed E-state index contributed by atoms with van der Waals surface area (Å²) in [6, 6.07) is 15.6. The lowest BCUT2D eigenvalue weighted by Crippen LogP contribution is -2.37. The lowest BCUT2D eigenvalue weighted by atomic mass is 9.64. The molecular formula is C23H31NO2S. The summed E-state index contributed by atoms with van der Waals surface area (Å²) in [6.45, 7) is 6.56. The summed E-state index contributed by atoms with van der Waals surface area (Å²) >= 11 is 0. The molecular weight excluding hydrogens is 354 g/mol. The molecule has 2 aromatic rings. The van der Waals surface area contributed by atoms with Gasteiger partial charge in [-0.25, -0.2) is 8.42 Å². The van der Waals surface area contributed by atoms with Crippen LogP contribution >= 0.6 is 0 Å². The van der Waals surface area contributed by atoms with Crippen LogP contribution in [0.2, 0.25) is 0 Å². The van der Waals surface area contributed by atoms with Crippen molar-refractivity contribution in [3.05, 3.63) is 59.7 Å². The Hall–Kier alpha value is -1.81. The minimum atomic E-state index is -3.37. The summed E-state index contributed by atoms with van der Waals surface area (Å²) < 4.78 is 26.8. The average molecular weight is 386 g/mol. The maximum absolute atomic E-state index is 13.4. The number of rotatable bonds is 5. The molecule has 1 heterocycles. The first kappa shape index (κ1) is 19.9. The molecule has 0 spiro atoms. The highest BCUT2D eigenvalue weighted by molar-refractivity contribution is 7.91. The van der Waals surface area contributed by atoms with Gasteiger partial charge in [0.15, 0.2) is 9.84 Å². The topological polar surface area (TPSA) is 60.2 Å². The summed E-state index contributed by atoms with van der Waals surface area (Å²) in [5.41, 5.74) is 8.51. The highest BCUT2D eigenvalue weighted by Crippen LogP contribution is 2.52. The molecule has 1 aliphatic heterocycles. The molecule has 0 saturated carbocycles. The van der Waals surface area contributed by atoms with Gasteiger partial charge in [0.1, 0.15) is 0 Å². The highest BCUT2D eigenvalue weighted by atomic mass is 32.2. The molecule has 0 amide bonds. The van der Waals surface area contributed by atoms with Gasteiger partial charge < -0.3 is 5.73 Å². The van der Waals surface area contributed by atoms with Gasteiger partial charge in [-0.2, -0.15) is 0 Å². The zero-order valence-electron chi connectivity index (χ0n) is 16.6. The van der Waals surface area contributed by atoms with E-state index in [1.807, 2.05) is 24.3 Å². The molecule has 4 heteroatoms. The number of hydrogen-bond donors (Lipinski definition) is 1. The van der Waals surface area contributed by atoms with Crippen LogP contribution in [0.25, 0.3) is 0 Å². The van der Waals surface area contributed by atoms with Crippen molar-refractivity contribution in [2.24, 2.45) is 11.3 Å². The minimum Gasteiger partial charge on any atom is -0.399 e. The minimum absolute atomic E-state index is 0.0266. The largest absolute Gasteiger partial charge is 0.399 e. The van der Waals surface area contributed by atoms with Gasteiger partial charge in [0.05, 0.1) is 10.6 Å². The van der Waals surface area contributed by atoms with Crippen LogP contribution in [0, 0.1) is 11.3 Å². The average Bonchev–Trinajstić information content (AvgIpc) is 2.72. The van der Waals surface area contributed by atoms with E-state index < -0.39 is 9.84 Å². The van der Waals surface area contributed by atoms with Gasteiger partial charge in [0, 0.05) is 11.6 Å². The Morgan fingerprint density at radius 2 is 1.81 bits per heavy atom. The molecule has 3 atom stereocenters. The van der Waals surface area contributed by atoms with Crippen molar-refractivity contribution in [2.45, 2.75) is 57.3 Å². The number of hydrogen-bond acceptors (Lipinski definition) is 3. The third-order valence-corrected chi connectivity index (χ3v) is 8.54. The molecule has 0 saturated heterocycles. The third-order valence-electron chi connectivity index (χ3n) is 6.54. The fourth-order valence-corrected chi connectivity index (χ4v) is 7.21. The zero-order valence-corrected chi connectivity index (χ0v) is 17.4. The van der Waals surface area contributed by atoms with Gasteiger partial charge in [-0.1, -0.05) is 63.9 Å². The monoisotopic (exact) mass is 385 g/mol. The number of sulfone groups is 1. The van der Waals surface area contributed by atoms with Crippen molar-refractivity contribution in [2.75, 3.05) is 11.5 Å². The van der Waals surface area contributed by atoms with E-state index in [9.17, 15) is 8.42 Å². The summed E-state index contributed by atoms with van der Waals surface area (Å²) in [7, 11) is -3.37. The smallest absolute Gasteiger partial charge is 0.179 e. The van der Waals surface area contributed by atoms with Crippen molar-refractivity contribution in [1.82, 2.24) is 0 Å². The summed E-state index contributed by atoms with van der Waals surface area (Å²) in [5.74, 6) is 0.450. The second-order valence-electron chi connectivity index (χ2n) is 8.05. The van der Waals surface area contributed by atoms with Gasteiger partial charge in [-0.3, -0.25) is 0 Å². The van der Waals surface area contributed by atoms with E-state index in [0.29, 0.717) is 10.6 Å². The highest BCUT2D eigenvalue weighted by Gasteiger charge is 2.47. The van der Waals surface area contributed by atoms with Crippen molar-refractivity contribution in [1.29, 1.82) is 0 Å². The molecule has 0 bridgehead atoms. The first-order chi connectivity index (χ1) is 12.8. The Morgan fingerprint density at radius 1 is 1.11 bits per heavy atom. The normalized spacial score (nSPS) is 26.9. The lowest BCUT2D eigenvalue weighted by molar-refractivity contribution is 0.160. The van der Waals surface area contributed by atoms with Crippen LogP contribution in [0.5, 0.6) is 0 Å². The third kappa shape index (κ3) is 3.64. The van der Waals surface area contributed by atoms with E-state index in [1.165, 1.54) is 5.56 Å². The van der Waals surface area contributed by atoms with Gasteiger partial charge in [-0.15, -0.1) is 0 Å². The van der Waals surface area contributed by atoms with Gasteiger partial charge in [0.25, 0.3) is 0 Å². The van der Waals surface area contributed by atoms with Crippen LogP contribution in [0.15, 0.2) is 53.4 Å². The van der Waals surface area contributed by atoms with Gasteiger partial charge in [-0.05, 0) is 53.5 Å². The van der Waals surface area contributed by atoms with Crippen molar-refractivity contribution < 1.29 is 8.42 Å². The Bertz CT molecular complexity index is 892. The maximum Gasteiger partial charge on any atom is 0.179 e. The molecule has 0 radical (unpaired) electrons. The molecule has 2 aromatic carbocycles. The second-order valence-corrected chi connectivity index (χ2v) is 10.0. The van der Waals surface area contributed by atoms with E-state index in [0.717, 1.165) is 31.2 Å². The number of fused-ring (bicyclic) bond motifs is 1. The molecule has 2 N–H and O–H groups in total. The quantitative estimate of drug-likeness (QED) is 0.700. The molecule has 146 valence electrons. The van der Waals surface area contributed by atoms with E-state index in [2.05, 4.69) is 32.9 Å². The Labute approximate surface area is 163 Å². The van der Waals surface area contributed by atoms with E-state index in [-0.39, 0.29) is 23.0 Å². The fourth-order valence-electron chi connectivity index (χ4n) is 4.86. The van der Waals surface area contributed by atoms with Crippen LogP contribution in [0.1, 0.15) is 63.5 Å². The molecule has 0 aliphatic carbocycles. The van der Waals surface area contributed by atoms with E-state index in [4.69, 9.17) is 5.73 Å². The van der Waals surface area contributed by atoms with E-state index in [1.54, 1.807) is 12.1 Å². The molecule has 27 heavy (non-hydrogen) atoms. The first-order valence-electron chi connectivity index (χ1n) is 10.0. The van der Waals surface area contributed by atoms with Gasteiger partial charge in [0.2, 0.25) is 0 Å². The number of nitrogen functional groups attached to an aromatic ring is 1. The molecule has 3 rings (SSSR count). The van der Waals surface area contributed by atoms with Crippen LogP contribution < -0.4 is 5.73 Å². The Balaban J connectivity index is 2.28. The summed E-state index contributed by atoms with van der Waals surface area (Å²) in [6.07, 6.45) is 3.92. The van der Waals surface area contributed by atoms with Crippen LogP contribution in [-0.4, -0.2) is 14.2 Å². The number of nitrogens with two attached hydrogens (primary N) is 1. The second kappa shape index (κ2) is 7.67. The molecule has 0 aromatic heterocycles. The maximum atomic E-state index is 13.4. The van der Waals surface area contributed by atoms with Crippen LogP contribution in [-0.2, 0) is 9.84 Å². The Morgan fingerprint density at radius 3 is 2.44 bits per heavy atom. The van der Waals surface area contributed by atoms with Crippen LogP contribution in [0.4, 0.5) is 5.69 Å². The lowest BCUT2D eigenvalue weighted by Gasteiger charge is -2.41. The first-order valence-corrected chi connectivity index (χ1v) is 11.7. The van der Waals surface area contributed by atoms with Crippen LogP contribution in [0.3, 0.4) is 0 Å². The number of unbranched alkanes of at least 4 members (excludes halogenated alkanes) is 1. The predicted octanol–water partition coefficient (Wildman–Crippen LogP) is 5.41. The SMILES string of the molecule is CCCCC1(CC)CS(=O)(=O)c2ccc(N)cc2C(c2ccccc2)C1C. The number of benzene rings is 2. The molecule has 3 unspecified atom stereocenters. The van der Waals surface area contributed by atoms with Gasteiger partial charge >= 0.3 is 0 Å². The number of anilines is 1. The fraction of sp³-hybridized carbons (Fsp3) is 0.478. The summed E-state index contributed by atoms with van der Waals surface area (Å²) in [5, 5.41) is 0. The van der Waals surface area contributed by atoms with E-state index >= 15 is 0 Å². The molecule has 1 aliphatic rings. The molecule has 0 fully saturated rings. The van der Waals surface area contributed by atoms with Crippen molar-refractivity contribution in [3.8, 4) is 0 Å². The molecule has 3 nitrogen and oxygen atoms in total. The van der Waals surface area contributed by atoms with Crippen molar-refractivity contribution in [3.63, 3.8) is 0 Å². The van der Waals surface area contributed by atoms with Crippen molar-refractivity contribution >= 4 is 15.5 Å². The predicted molar refractivity (Wildman–Crippen MR) is 113 cm³/mol. The Kier molecular flexibility index (Phi) is 5.66. The standard InChI is InChI=1S/C23H31NO2S/c1-4-6-14-23(5-2)16-27(25,26)21-13-12-19(24)15-20(21)22(17(23)3)18-10-8-7-9-11-18/h7-13,15,17,22H,4-6,14,16,24H2,1-3H3. The zero-order chi connectivity index (χ0) is 19.7.